The number of benzene rings is 2. The lowest BCUT2D eigenvalue weighted by Crippen LogP contribution is -2.54. The number of hydrogen-bond donors (Lipinski definition) is 2. The number of aromatic hydroxyl groups is 1. The summed E-state index contributed by atoms with van der Waals surface area (Å²) in [6.07, 6.45) is 1.73. The predicted molar refractivity (Wildman–Crippen MR) is 114 cm³/mol. The molecule has 3 aromatic rings. The molecule has 2 N–H and O–H groups in total. The summed E-state index contributed by atoms with van der Waals surface area (Å²) in [6, 6.07) is 15.6. The van der Waals surface area contributed by atoms with Gasteiger partial charge in [0, 0.05) is 22.6 Å². The van der Waals surface area contributed by atoms with Gasteiger partial charge in [0.1, 0.15) is 16.9 Å². The first-order valence-electron chi connectivity index (χ1n) is 9.30. The van der Waals surface area contributed by atoms with Crippen molar-refractivity contribution in [2.24, 2.45) is 0 Å². The number of para-hydroxylation sites is 1. The highest BCUT2D eigenvalue weighted by atomic mass is 32.1. The number of carbonyl (C=O) groups excluding carboxylic acids is 1. The van der Waals surface area contributed by atoms with Crippen molar-refractivity contribution >= 4 is 33.9 Å². The van der Waals surface area contributed by atoms with Gasteiger partial charge < -0.3 is 15.3 Å². The minimum atomic E-state index is -0.257. The van der Waals surface area contributed by atoms with Gasteiger partial charge >= 0.3 is 0 Å². The lowest BCUT2D eigenvalue weighted by molar-refractivity contribution is 0.0937. The van der Waals surface area contributed by atoms with E-state index in [1.807, 2.05) is 43.3 Å². The summed E-state index contributed by atoms with van der Waals surface area (Å²) in [6.45, 7) is 4.82. The number of rotatable bonds is 1. The molecule has 0 fully saturated rings. The molecule has 0 bridgehead atoms. The SMILES string of the molecule is Cc1sc2c(c1C)C(=O)NC1/C(=C/c3ccccc3O)c3ccccc3CN21. The molecule has 4 nitrogen and oxygen atoms in total. The third-order valence-electron chi connectivity index (χ3n) is 5.65. The van der Waals surface area contributed by atoms with Gasteiger partial charge in [0.05, 0.1) is 5.56 Å². The second-order valence-electron chi connectivity index (χ2n) is 7.28. The molecule has 1 amide bonds. The molecule has 1 aromatic heterocycles. The molecule has 0 aliphatic carbocycles. The van der Waals surface area contributed by atoms with Crippen molar-refractivity contribution in [1.29, 1.82) is 0 Å². The Kier molecular flexibility index (Phi) is 3.81. The summed E-state index contributed by atoms with van der Waals surface area (Å²) < 4.78 is 0. The van der Waals surface area contributed by atoms with Crippen LogP contribution in [0.3, 0.4) is 0 Å². The van der Waals surface area contributed by atoms with Gasteiger partial charge in [-0.3, -0.25) is 4.79 Å². The zero-order valence-electron chi connectivity index (χ0n) is 15.7. The smallest absolute Gasteiger partial charge is 0.256 e. The Morgan fingerprint density at radius 1 is 1.14 bits per heavy atom. The number of nitrogens with zero attached hydrogens (tertiary/aromatic N) is 1. The normalized spacial score (nSPS) is 19.1. The molecule has 2 aromatic carbocycles. The third kappa shape index (κ3) is 2.47. The molecule has 5 heteroatoms. The fourth-order valence-corrected chi connectivity index (χ4v) is 5.26. The van der Waals surface area contributed by atoms with Crippen molar-refractivity contribution < 1.29 is 9.90 Å². The van der Waals surface area contributed by atoms with Crippen molar-refractivity contribution in [3.8, 4) is 5.75 Å². The standard InChI is InChI=1S/C23H20N2O2S/c1-13-14(2)28-23-20(13)22(27)24-21-18(11-15-7-4-6-10-19(15)26)17-9-5-3-8-16(17)12-25(21)23/h3-11,21,26H,12H2,1-2H3,(H,24,27)/b18-11+. The Hall–Kier alpha value is -3.05. The fourth-order valence-electron chi connectivity index (χ4n) is 4.08. The van der Waals surface area contributed by atoms with Gasteiger partial charge in [0.15, 0.2) is 0 Å². The second-order valence-corrected chi connectivity index (χ2v) is 8.49. The van der Waals surface area contributed by atoms with Crippen LogP contribution in [0.25, 0.3) is 11.6 Å². The Labute approximate surface area is 167 Å². The number of fused-ring (bicyclic) bond motifs is 4. The molecule has 3 heterocycles. The summed E-state index contributed by atoms with van der Waals surface area (Å²) in [5.41, 5.74) is 5.91. The van der Waals surface area contributed by atoms with E-state index < -0.39 is 0 Å². The summed E-state index contributed by atoms with van der Waals surface area (Å²) in [4.78, 5) is 16.4. The number of hydrogen-bond acceptors (Lipinski definition) is 4. The lowest BCUT2D eigenvalue weighted by Gasteiger charge is -2.43. The van der Waals surface area contributed by atoms with Gasteiger partial charge in [-0.05, 0) is 42.7 Å². The minimum Gasteiger partial charge on any atom is -0.507 e. The van der Waals surface area contributed by atoms with Crippen molar-refractivity contribution in [3.05, 3.63) is 81.2 Å². The van der Waals surface area contributed by atoms with E-state index in [-0.39, 0.29) is 17.8 Å². The first-order valence-corrected chi connectivity index (χ1v) is 10.1. The Morgan fingerprint density at radius 3 is 2.71 bits per heavy atom. The van der Waals surface area contributed by atoms with Gasteiger partial charge in [0.25, 0.3) is 5.91 Å². The zero-order valence-corrected chi connectivity index (χ0v) is 16.5. The first kappa shape index (κ1) is 17.1. The Bertz CT molecular complexity index is 1150. The van der Waals surface area contributed by atoms with Gasteiger partial charge in [0.2, 0.25) is 0 Å². The average Bonchev–Trinajstić information content (AvgIpc) is 2.99. The van der Waals surface area contributed by atoms with E-state index in [9.17, 15) is 9.90 Å². The van der Waals surface area contributed by atoms with E-state index in [2.05, 4.69) is 29.3 Å². The number of amides is 1. The monoisotopic (exact) mass is 388 g/mol. The Morgan fingerprint density at radius 2 is 1.89 bits per heavy atom. The van der Waals surface area contributed by atoms with E-state index in [0.717, 1.165) is 39.4 Å². The summed E-state index contributed by atoms with van der Waals surface area (Å²) in [5, 5.41) is 14.5. The van der Waals surface area contributed by atoms with E-state index in [1.54, 1.807) is 17.4 Å². The number of anilines is 1. The number of phenols is 1. The molecule has 28 heavy (non-hydrogen) atoms. The quantitative estimate of drug-likeness (QED) is 0.635. The van der Waals surface area contributed by atoms with Gasteiger partial charge in [-0.25, -0.2) is 0 Å². The van der Waals surface area contributed by atoms with Crippen molar-refractivity contribution in [2.45, 2.75) is 26.6 Å². The number of carbonyl (C=O) groups is 1. The first-order chi connectivity index (χ1) is 13.5. The molecule has 0 saturated carbocycles. The molecular weight excluding hydrogens is 368 g/mol. The van der Waals surface area contributed by atoms with E-state index >= 15 is 0 Å². The van der Waals surface area contributed by atoms with Crippen molar-refractivity contribution in [3.63, 3.8) is 0 Å². The number of phenolic OH excluding ortho intramolecular Hbond substituents is 1. The van der Waals surface area contributed by atoms with Crippen LogP contribution in [-0.4, -0.2) is 17.2 Å². The predicted octanol–water partition coefficient (Wildman–Crippen LogP) is 4.70. The summed E-state index contributed by atoms with van der Waals surface area (Å²) >= 11 is 1.68. The van der Waals surface area contributed by atoms with Crippen molar-refractivity contribution in [2.75, 3.05) is 4.90 Å². The number of thiophene rings is 1. The van der Waals surface area contributed by atoms with Crippen LogP contribution in [0.15, 0.2) is 48.5 Å². The second kappa shape index (κ2) is 6.24. The molecular formula is C23H20N2O2S. The van der Waals surface area contributed by atoms with Crippen LogP contribution in [0.1, 0.15) is 37.5 Å². The third-order valence-corrected chi connectivity index (χ3v) is 6.89. The maximum Gasteiger partial charge on any atom is 0.256 e. The topological polar surface area (TPSA) is 52.6 Å². The highest BCUT2D eigenvalue weighted by Gasteiger charge is 2.39. The van der Waals surface area contributed by atoms with Gasteiger partial charge in [-0.1, -0.05) is 42.5 Å². The van der Waals surface area contributed by atoms with E-state index in [4.69, 9.17) is 0 Å². The van der Waals surface area contributed by atoms with Crippen LogP contribution in [0.2, 0.25) is 0 Å². The minimum absolute atomic E-state index is 0.0272. The number of nitrogens with one attached hydrogen (secondary N) is 1. The summed E-state index contributed by atoms with van der Waals surface area (Å²) in [7, 11) is 0. The van der Waals surface area contributed by atoms with Gasteiger partial charge in [-0.15, -0.1) is 11.3 Å². The van der Waals surface area contributed by atoms with Crippen LogP contribution in [-0.2, 0) is 6.54 Å². The molecule has 2 aliphatic heterocycles. The van der Waals surface area contributed by atoms with Crippen molar-refractivity contribution in [1.82, 2.24) is 5.32 Å². The molecule has 0 saturated heterocycles. The molecule has 0 radical (unpaired) electrons. The molecule has 1 atom stereocenters. The van der Waals surface area contributed by atoms with E-state index in [1.165, 1.54) is 10.4 Å². The molecule has 140 valence electrons. The largest absolute Gasteiger partial charge is 0.507 e. The average molecular weight is 388 g/mol. The molecule has 1 unspecified atom stereocenters. The number of aryl methyl sites for hydroxylation is 1. The molecule has 0 spiro atoms. The van der Waals surface area contributed by atoms with Crippen LogP contribution in [0.4, 0.5) is 5.00 Å². The van der Waals surface area contributed by atoms with Crippen LogP contribution >= 0.6 is 11.3 Å². The van der Waals surface area contributed by atoms with Crippen LogP contribution < -0.4 is 10.2 Å². The maximum atomic E-state index is 12.9. The molecule has 2 aliphatic rings. The van der Waals surface area contributed by atoms with E-state index in [0.29, 0.717) is 0 Å². The zero-order chi connectivity index (χ0) is 19.4. The molecule has 5 rings (SSSR count). The highest BCUT2D eigenvalue weighted by Crippen LogP contribution is 2.45. The Balaban J connectivity index is 1.73. The highest BCUT2D eigenvalue weighted by molar-refractivity contribution is 7.16. The maximum absolute atomic E-state index is 12.9. The van der Waals surface area contributed by atoms with Crippen LogP contribution in [0.5, 0.6) is 5.75 Å². The fraction of sp³-hybridized carbons (Fsp3) is 0.174. The van der Waals surface area contributed by atoms with Crippen LogP contribution in [0, 0.1) is 13.8 Å². The summed E-state index contributed by atoms with van der Waals surface area (Å²) in [5.74, 6) is 0.205. The van der Waals surface area contributed by atoms with Gasteiger partial charge in [-0.2, -0.15) is 0 Å². The lowest BCUT2D eigenvalue weighted by atomic mass is 9.89.